The number of nitrogens with zero attached hydrogens (tertiary/aromatic N) is 4. The van der Waals surface area contributed by atoms with E-state index in [1.54, 1.807) is 47.7 Å². The molecule has 4 rings (SSSR count). The average molecular weight is 649 g/mol. The van der Waals surface area contributed by atoms with E-state index in [0.29, 0.717) is 22.8 Å². The number of carbonyl (C=O) groups is 3. The van der Waals surface area contributed by atoms with E-state index < -0.39 is 35.1 Å². The van der Waals surface area contributed by atoms with Crippen LogP contribution in [0.2, 0.25) is 0 Å². The highest BCUT2D eigenvalue weighted by Gasteiger charge is 2.38. The summed E-state index contributed by atoms with van der Waals surface area (Å²) in [6, 6.07) is 0.149. The highest BCUT2D eigenvalue weighted by atomic mass is 79.9. The predicted molar refractivity (Wildman–Crippen MR) is 163 cm³/mol. The van der Waals surface area contributed by atoms with Gasteiger partial charge in [0.1, 0.15) is 21.4 Å². The standard InChI is InChI=1S/C30H42BrN5O6/c1-28(2,3)40-25(37)33-18-12-10-17(11-13-18)20-16-32-24(21-22(20)36(19-14-15-19)34-23(21)31)35(26(38)41-29(4,5)6)27(39)42-30(7,8)9/h10,16,18-19H,11-15H2,1-9H3,(H,33,37). The lowest BCUT2D eigenvalue weighted by molar-refractivity contribution is 0.0426. The minimum absolute atomic E-state index is 0.0544. The molecule has 1 unspecified atom stereocenters. The molecule has 0 bridgehead atoms. The molecule has 230 valence electrons. The van der Waals surface area contributed by atoms with Crippen LogP contribution in [0.3, 0.4) is 0 Å². The van der Waals surface area contributed by atoms with Crippen molar-refractivity contribution in [1.82, 2.24) is 20.1 Å². The maximum absolute atomic E-state index is 13.5. The fraction of sp³-hybridized carbons (Fsp3) is 0.633. The number of amides is 3. The summed E-state index contributed by atoms with van der Waals surface area (Å²) < 4.78 is 19.1. The van der Waals surface area contributed by atoms with Crippen molar-refractivity contribution in [3.05, 3.63) is 22.4 Å². The first kappa shape index (κ1) is 31.8. The molecule has 2 aliphatic carbocycles. The van der Waals surface area contributed by atoms with E-state index in [9.17, 15) is 14.4 Å². The molecular weight excluding hydrogens is 606 g/mol. The normalized spacial score (nSPS) is 17.9. The van der Waals surface area contributed by atoms with Crippen LogP contribution in [0.4, 0.5) is 20.2 Å². The molecule has 1 fully saturated rings. The average Bonchev–Trinajstić information content (AvgIpc) is 3.59. The van der Waals surface area contributed by atoms with Crippen LogP contribution in [0.5, 0.6) is 0 Å². The van der Waals surface area contributed by atoms with Gasteiger partial charge in [0.05, 0.1) is 16.9 Å². The number of fused-ring (bicyclic) bond motifs is 1. The number of ether oxygens (including phenoxy) is 3. The van der Waals surface area contributed by atoms with Crippen LogP contribution in [0, 0.1) is 0 Å². The van der Waals surface area contributed by atoms with Crippen molar-refractivity contribution in [2.75, 3.05) is 4.90 Å². The molecule has 2 aliphatic rings. The molecule has 1 atom stereocenters. The Morgan fingerprint density at radius 3 is 1.98 bits per heavy atom. The summed E-state index contributed by atoms with van der Waals surface area (Å²) in [5.41, 5.74) is 0.404. The molecule has 0 radical (unpaired) electrons. The molecule has 0 aromatic carbocycles. The Morgan fingerprint density at radius 1 is 0.929 bits per heavy atom. The second-order valence-corrected chi connectivity index (χ2v) is 14.6. The number of hydrogen-bond donors (Lipinski definition) is 1. The first-order chi connectivity index (χ1) is 19.3. The zero-order valence-corrected chi connectivity index (χ0v) is 27.5. The van der Waals surface area contributed by atoms with Gasteiger partial charge in [0, 0.05) is 17.8 Å². The number of rotatable bonds is 4. The van der Waals surface area contributed by atoms with Crippen LogP contribution in [-0.2, 0) is 14.2 Å². The van der Waals surface area contributed by atoms with Crippen LogP contribution >= 0.6 is 15.9 Å². The van der Waals surface area contributed by atoms with E-state index in [4.69, 9.17) is 19.3 Å². The quantitative estimate of drug-likeness (QED) is 0.335. The van der Waals surface area contributed by atoms with E-state index in [0.717, 1.165) is 40.8 Å². The van der Waals surface area contributed by atoms with E-state index in [1.165, 1.54) is 0 Å². The fourth-order valence-electron chi connectivity index (χ4n) is 4.65. The summed E-state index contributed by atoms with van der Waals surface area (Å²) in [6.07, 6.45) is 5.54. The van der Waals surface area contributed by atoms with Gasteiger partial charge >= 0.3 is 18.3 Å². The number of halogens is 1. The van der Waals surface area contributed by atoms with Crippen molar-refractivity contribution >= 4 is 56.5 Å². The number of imide groups is 1. The molecule has 0 saturated heterocycles. The highest BCUT2D eigenvalue weighted by Crippen LogP contribution is 2.44. The summed E-state index contributed by atoms with van der Waals surface area (Å²) >= 11 is 3.59. The molecule has 42 heavy (non-hydrogen) atoms. The molecule has 1 saturated carbocycles. The lowest BCUT2D eigenvalue weighted by Crippen LogP contribution is -2.44. The molecule has 1 N–H and O–H groups in total. The summed E-state index contributed by atoms with van der Waals surface area (Å²) in [5, 5.41) is 8.25. The van der Waals surface area contributed by atoms with E-state index in [-0.39, 0.29) is 17.9 Å². The van der Waals surface area contributed by atoms with Crippen molar-refractivity contribution < 1.29 is 28.6 Å². The SMILES string of the molecule is CC(C)(C)OC(=O)NC1CC=C(c2cnc(N(C(=O)OC(C)(C)C)C(=O)OC(C)(C)C)c3c(Br)nn(C4CC4)c23)CC1. The number of carbonyl (C=O) groups excluding carboxylic acids is 3. The number of aromatic nitrogens is 3. The van der Waals surface area contributed by atoms with Crippen LogP contribution in [0.15, 0.2) is 16.9 Å². The number of allylic oxidation sites excluding steroid dienone is 1. The summed E-state index contributed by atoms with van der Waals surface area (Å²) in [7, 11) is 0. The Balaban J connectivity index is 1.76. The fourth-order valence-corrected chi connectivity index (χ4v) is 5.19. The van der Waals surface area contributed by atoms with Crippen molar-refractivity contribution in [3.8, 4) is 0 Å². The molecule has 11 nitrogen and oxygen atoms in total. The zero-order valence-electron chi connectivity index (χ0n) is 26.0. The lowest BCUT2D eigenvalue weighted by Gasteiger charge is -2.29. The summed E-state index contributed by atoms with van der Waals surface area (Å²) in [4.78, 5) is 44.7. The van der Waals surface area contributed by atoms with Crippen molar-refractivity contribution in [3.63, 3.8) is 0 Å². The monoisotopic (exact) mass is 647 g/mol. The third-order valence-corrected chi connectivity index (χ3v) is 6.95. The van der Waals surface area contributed by atoms with E-state index >= 15 is 0 Å². The van der Waals surface area contributed by atoms with Gasteiger partial charge in [0.25, 0.3) is 0 Å². The largest absolute Gasteiger partial charge is 0.444 e. The van der Waals surface area contributed by atoms with Gasteiger partial charge in [-0.2, -0.15) is 10.00 Å². The van der Waals surface area contributed by atoms with Gasteiger partial charge in [-0.05, 0) is 116 Å². The first-order valence-corrected chi connectivity index (χ1v) is 15.1. The molecule has 3 amide bonds. The number of alkyl carbamates (subject to hydrolysis) is 1. The summed E-state index contributed by atoms with van der Waals surface area (Å²) in [5.74, 6) is 0.0805. The maximum atomic E-state index is 13.5. The van der Waals surface area contributed by atoms with Crippen LogP contribution < -0.4 is 10.2 Å². The minimum Gasteiger partial charge on any atom is -0.444 e. The second-order valence-electron chi connectivity index (χ2n) is 13.8. The molecule has 0 spiro atoms. The molecule has 2 aromatic heterocycles. The molecule has 0 aliphatic heterocycles. The number of nitrogens with one attached hydrogen (secondary N) is 1. The third kappa shape index (κ3) is 7.81. The van der Waals surface area contributed by atoms with Gasteiger partial charge in [-0.3, -0.25) is 4.68 Å². The Labute approximate surface area is 255 Å². The highest BCUT2D eigenvalue weighted by molar-refractivity contribution is 9.10. The topological polar surface area (TPSA) is 125 Å². The Kier molecular flexibility index (Phi) is 8.70. The second kappa shape index (κ2) is 11.5. The van der Waals surface area contributed by atoms with Gasteiger partial charge in [-0.25, -0.2) is 19.4 Å². The van der Waals surface area contributed by atoms with Gasteiger partial charge in [0.2, 0.25) is 0 Å². The van der Waals surface area contributed by atoms with Crippen molar-refractivity contribution in [2.24, 2.45) is 0 Å². The van der Waals surface area contributed by atoms with Gasteiger partial charge < -0.3 is 19.5 Å². The van der Waals surface area contributed by atoms with Gasteiger partial charge in [0.15, 0.2) is 5.82 Å². The maximum Gasteiger partial charge on any atom is 0.425 e. The van der Waals surface area contributed by atoms with Crippen LogP contribution in [-0.4, -0.2) is 55.9 Å². The van der Waals surface area contributed by atoms with Crippen molar-refractivity contribution in [2.45, 2.75) is 123 Å². The van der Waals surface area contributed by atoms with E-state index in [1.807, 2.05) is 25.5 Å². The molecule has 12 heteroatoms. The smallest absolute Gasteiger partial charge is 0.425 e. The summed E-state index contributed by atoms with van der Waals surface area (Å²) in [6.45, 7) is 15.9. The zero-order chi connectivity index (χ0) is 31.2. The van der Waals surface area contributed by atoms with E-state index in [2.05, 4.69) is 32.3 Å². The van der Waals surface area contributed by atoms with Gasteiger partial charge in [-0.1, -0.05) is 6.08 Å². The third-order valence-electron chi connectivity index (χ3n) is 6.40. The predicted octanol–water partition coefficient (Wildman–Crippen LogP) is 7.67. The van der Waals surface area contributed by atoms with Gasteiger partial charge in [-0.15, -0.1) is 0 Å². The number of hydrogen-bond acceptors (Lipinski definition) is 8. The Morgan fingerprint density at radius 2 is 1.50 bits per heavy atom. The lowest BCUT2D eigenvalue weighted by atomic mass is 9.90. The first-order valence-electron chi connectivity index (χ1n) is 14.3. The van der Waals surface area contributed by atoms with Crippen LogP contribution in [0.1, 0.15) is 106 Å². The van der Waals surface area contributed by atoms with Crippen molar-refractivity contribution in [1.29, 1.82) is 0 Å². The Bertz CT molecular complexity index is 1380. The Hall–Kier alpha value is -3.15. The van der Waals surface area contributed by atoms with Crippen LogP contribution in [0.25, 0.3) is 16.5 Å². The molecule has 2 aromatic rings. The molecule has 2 heterocycles. The minimum atomic E-state index is -0.891. The number of pyridine rings is 1. The number of anilines is 1. The molecular formula is C30H42BrN5O6.